The van der Waals surface area contributed by atoms with Gasteiger partial charge in [-0.25, -0.2) is 13.1 Å². The minimum absolute atomic E-state index is 0.152. The van der Waals surface area contributed by atoms with Crippen molar-refractivity contribution in [2.45, 2.75) is 45.1 Å². The maximum absolute atomic E-state index is 12.0. The van der Waals surface area contributed by atoms with Crippen molar-refractivity contribution in [2.24, 2.45) is 0 Å². The Labute approximate surface area is 108 Å². The van der Waals surface area contributed by atoms with Crippen LogP contribution >= 0.6 is 0 Å². The minimum Gasteiger partial charge on any atom is -0.360 e. The van der Waals surface area contributed by atoms with Gasteiger partial charge in [0.2, 0.25) is 10.0 Å². The molecule has 1 aromatic heterocycles. The Hall–Kier alpha value is -0.920. The molecular formula is C11H21N3O3S. The lowest BCUT2D eigenvalue weighted by molar-refractivity contribution is 0.390. The van der Waals surface area contributed by atoms with Crippen LogP contribution in [0.3, 0.4) is 0 Å². The molecule has 18 heavy (non-hydrogen) atoms. The molecule has 1 rings (SSSR count). The van der Waals surface area contributed by atoms with Gasteiger partial charge in [-0.1, -0.05) is 19.0 Å². The number of nitrogens with one attached hydrogen (secondary N) is 2. The summed E-state index contributed by atoms with van der Waals surface area (Å²) in [6, 6.07) is 0.407. The molecule has 0 saturated heterocycles. The van der Waals surface area contributed by atoms with Crippen molar-refractivity contribution in [3.63, 3.8) is 0 Å². The molecule has 0 amide bonds. The largest absolute Gasteiger partial charge is 0.360 e. The van der Waals surface area contributed by atoms with Gasteiger partial charge in [0.15, 0.2) is 5.76 Å². The van der Waals surface area contributed by atoms with Crippen molar-refractivity contribution in [2.75, 3.05) is 13.1 Å². The maximum Gasteiger partial charge on any atom is 0.245 e. The van der Waals surface area contributed by atoms with Gasteiger partial charge >= 0.3 is 0 Å². The topological polar surface area (TPSA) is 84.2 Å². The molecule has 0 aromatic carbocycles. The smallest absolute Gasteiger partial charge is 0.245 e. The zero-order valence-corrected chi connectivity index (χ0v) is 12.1. The van der Waals surface area contributed by atoms with Crippen LogP contribution in [-0.4, -0.2) is 32.7 Å². The first-order valence-electron chi connectivity index (χ1n) is 6.00. The van der Waals surface area contributed by atoms with Crippen LogP contribution in [0.25, 0.3) is 0 Å². The SMILES string of the molecule is Cc1noc(C)c1S(=O)(=O)NCCCNC(C)C. The first kappa shape index (κ1) is 15.1. The lowest BCUT2D eigenvalue weighted by Gasteiger charge is -2.09. The van der Waals surface area contributed by atoms with Gasteiger partial charge in [-0.3, -0.25) is 0 Å². The number of hydrogen-bond donors (Lipinski definition) is 2. The van der Waals surface area contributed by atoms with E-state index in [1.165, 1.54) is 0 Å². The van der Waals surface area contributed by atoms with Crippen LogP contribution < -0.4 is 10.0 Å². The molecule has 0 bridgehead atoms. The summed E-state index contributed by atoms with van der Waals surface area (Å²) in [6.07, 6.45) is 0.737. The zero-order valence-electron chi connectivity index (χ0n) is 11.3. The third-order valence-electron chi connectivity index (χ3n) is 2.43. The molecule has 0 atom stereocenters. The van der Waals surface area contributed by atoms with Gasteiger partial charge < -0.3 is 9.84 Å². The average molecular weight is 275 g/mol. The van der Waals surface area contributed by atoms with E-state index in [9.17, 15) is 8.42 Å². The Morgan fingerprint density at radius 3 is 2.44 bits per heavy atom. The fraction of sp³-hybridized carbons (Fsp3) is 0.727. The molecule has 1 heterocycles. The standard InChI is InChI=1S/C11H21N3O3S/c1-8(2)12-6-5-7-13-18(15,16)11-9(3)14-17-10(11)4/h8,12-13H,5-7H2,1-4H3. The first-order chi connectivity index (χ1) is 8.34. The van der Waals surface area contributed by atoms with Crippen LogP contribution in [0.4, 0.5) is 0 Å². The van der Waals surface area contributed by atoms with E-state index >= 15 is 0 Å². The number of aromatic nitrogens is 1. The van der Waals surface area contributed by atoms with Gasteiger partial charge in [-0.2, -0.15) is 0 Å². The van der Waals surface area contributed by atoms with Crippen LogP contribution in [-0.2, 0) is 10.0 Å². The molecule has 0 spiro atoms. The number of aryl methyl sites for hydroxylation is 2. The monoisotopic (exact) mass is 275 g/mol. The minimum atomic E-state index is -3.51. The summed E-state index contributed by atoms with van der Waals surface area (Å²) in [5.41, 5.74) is 0.389. The van der Waals surface area contributed by atoms with Crippen LogP contribution in [0.5, 0.6) is 0 Å². The predicted molar refractivity (Wildman–Crippen MR) is 68.9 cm³/mol. The molecule has 0 aliphatic carbocycles. The van der Waals surface area contributed by atoms with Gasteiger partial charge in [0.1, 0.15) is 10.6 Å². The van der Waals surface area contributed by atoms with E-state index < -0.39 is 10.0 Å². The Kier molecular flexibility index (Phi) is 5.30. The summed E-state index contributed by atoms with van der Waals surface area (Å²) in [4.78, 5) is 0.152. The van der Waals surface area contributed by atoms with E-state index in [0.29, 0.717) is 24.0 Å². The van der Waals surface area contributed by atoms with E-state index in [1.807, 2.05) is 13.8 Å². The van der Waals surface area contributed by atoms with Crippen molar-refractivity contribution < 1.29 is 12.9 Å². The van der Waals surface area contributed by atoms with E-state index in [1.54, 1.807) is 13.8 Å². The molecule has 1 aromatic rings. The Bertz CT molecular complexity index is 460. The summed E-state index contributed by atoms with van der Waals surface area (Å²) in [7, 11) is -3.51. The molecule has 7 heteroatoms. The van der Waals surface area contributed by atoms with Gasteiger partial charge in [-0.05, 0) is 26.8 Å². The van der Waals surface area contributed by atoms with Crippen LogP contribution in [0.15, 0.2) is 9.42 Å². The highest BCUT2D eigenvalue weighted by Gasteiger charge is 2.23. The van der Waals surface area contributed by atoms with E-state index in [2.05, 4.69) is 15.2 Å². The summed E-state index contributed by atoms with van der Waals surface area (Å²) in [5.74, 6) is 0.320. The highest BCUT2D eigenvalue weighted by atomic mass is 32.2. The molecule has 0 aliphatic heterocycles. The Morgan fingerprint density at radius 2 is 1.94 bits per heavy atom. The third kappa shape index (κ3) is 4.08. The lowest BCUT2D eigenvalue weighted by Crippen LogP contribution is -2.30. The fourth-order valence-corrected chi connectivity index (χ4v) is 3.02. The average Bonchev–Trinajstić information content (AvgIpc) is 2.57. The molecule has 2 N–H and O–H groups in total. The second-order valence-corrected chi connectivity index (χ2v) is 6.22. The third-order valence-corrected chi connectivity index (χ3v) is 4.14. The normalized spacial score (nSPS) is 12.3. The lowest BCUT2D eigenvalue weighted by atomic mass is 10.3. The van der Waals surface area contributed by atoms with Crippen LogP contribution in [0, 0.1) is 13.8 Å². The number of sulfonamides is 1. The molecular weight excluding hydrogens is 254 g/mol. The van der Waals surface area contributed by atoms with Gasteiger partial charge in [0, 0.05) is 12.6 Å². The van der Waals surface area contributed by atoms with Crippen LogP contribution in [0.2, 0.25) is 0 Å². The second kappa shape index (κ2) is 6.31. The van der Waals surface area contributed by atoms with Gasteiger partial charge in [0.25, 0.3) is 0 Å². The highest BCUT2D eigenvalue weighted by molar-refractivity contribution is 7.89. The summed E-state index contributed by atoms with van der Waals surface area (Å²) < 4.78 is 31.4. The van der Waals surface area contributed by atoms with Gasteiger partial charge in [0.05, 0.1) is 0 Å². The summed E-state index contributed by atoms with van der Waals surface area (Å²) in [5, 5.41) is 6.87. The quantitative estimate of drug-likeness (QED) is 0.724. The Morgan fingerprint density at radius 1 is 1.28 bits per heavy atom. The van der Waals surface area contributed by atoms with Crippen molar-refractivity contribution in [1.82, 2.24) is 15.2 Å². The zero-order chi connectivity index (χ0) is 13.8. The summed E-state index contributed by atoms with van der Waals surface area (Å²) >= 11 is 0. The highest BCUT2D eigenvalue weighted by Crippen LogP contribution is 2.18. The molecule has 0 radical (unpaired) electrons. The van der Waals surface area contributed by atoms with Crippen molar-refractivity contribution in [3.05, 3.63) is 11.5 Å². The number of hydrogen-bond acceptors (Lipinski definition) is 5. The van der Waals surface area contributed by atoms with E-state index in [0.717, 1.165) is 13.0 Å². The van der Waals surface area contributed by atoms with Gasteiger partial charge in [-0.15, -0.1) is 0 Å². The van der Waals surface area contributed by atoms with Crippen molar-refractivity contribution in [1.29, 1.82) is 0 Å². The second-order valence-electron chi connectivity index (χ2n) is 4.51. The van der Waals surface area contributed by atoms with E-state index in [4.69, 9.17) is 4.52 Å². The summed E-state index contributed by atoms with van der Waals surface area (Å²) in [6.45, 7) is 8.48. The maximum atomic E-state index is 12.0. The number of rotatable bonds is 7. The first-order valence-corrected chi connectivity index (χ1v) is 7.49. The predicted octanol–water partition coefficient (Wildman–Crippen LogP) is 0.958. The molecule has 0 aliphatic rings. The van der Waals surface area contributed by atoms with Crippen molar-refractivity contribution >= 4 is 10.0 Å². The van der Waals surface area contributed by atoms with Crippen LogP contribution in [0.1, 0.15) is 31.7 Å². The molecule has 0 unspecified atom stereocenters. The number of nitrogens with zero attached hydrogens (tertiary/aromatic N) is 1. The molecule has 0 saturated carbocycles. The molecule has 0 fully saturated rings. The van der Waals surface area contributed by atoms with Crippen molar-refractivity contribution in [3.8, 4) is 0 Å². The molecule has 104 valence electrons. The Balaban J connectivity index is 2.51. The molecule has 6 nitrogen and oxygen atoms in total. The fourth-order valence-electron chi connectivity index (χ4n) is 1.62. The van der Waals surface area contributed by atoms with E-state index in [-0.39, 0.29) is 4.90 Å².